The summed E-state index contributed by atoms with van der Waals surface area (Å²) in [5.41, 5.74) is 2.32. The van der Waals surface area contributed by atoms with Crippen LogP contribution in [0, 0.1) is 6.92 Å². The van der Waals surface area contributed by atoms with Crippen molar-refractivity contribution in [3.05, 3.63) is 53.1 Å². The zero-order valence-electron chi connectivity index (χ0n) is 18.8. The fraction of sp³-hybridized carbons (Fsp3) is 0.304. The first-order valence-corrected chi connectivity index (χ1v) is 10.0. The molecule has 32 heavy (non-hydrogen) atoms. The van der Waals surface area contributed by atoms with Crippen molar-refractivity contribution in [2.45, 2.75) is 20.8 Å². The number of methoxy groups -OCH3 is 2. The van der Waals surface area contributed by atoms with Crippen molar-refractivity contribution in [2.75, 3.05) is 42.8 Å². The fourth-order valence-electron chi connectivity index (χ4n) is 3.11. The first-order chi connectivity index (χ1) is 15.2. The second-order valence-corrected chi connectivity index (χ2v) is 6.82. The van der Waals surface area contributed by atoms with Gasteiger partial charge in [0, 0.05) is 24.5 Å². The van der Waals surface area contributed by atoms with Crippen LogP contribution in [0.25, 0.3) is 0 Å². The summed E-state index contributed by atoms with van der Waals surface area (Å²) in [6.07, 6.45) is 0. The number of carbonyl (C=O) groups excluding carboxylic acids is 4. The number of nitrogens with zero attached hydrogens (tertiary/aromatic N) is 1. The highest BCUT2D eigenvalue weighted by molar-refractivity contribution is 6.44. The van der Waals surface area contributed by atoms with Gasteiger partial charge in [0.25, 0.3) is 0 Å². The number of benzene rings is 2. The number of amides is 2. The largest absolute Gasteiger partial charge is 0.465 e. The van der Waals surface area contributed by atoms with E-state index in [1.807, 2.05) is 19.1 Å². The second-order valence-electron chi connectivity index (χ2n) is 6.82. The summed E-state index contributed by atoms with van der Waals surface area (Å²) in [5, 5.41) is 4.93. The molecule has 9 heteroatoms. The first kappa shape index (κ1) is 24.4. The van der Waals surface area contributed by atoms with Crippen molar-refractivity contribution in [1.82, 2.24) is 0 Å². The van der Waals surface area contributed by atoms with Gasteiger partial charge in [0.15, 0.2) is 0 Å². The van der Waals surface area contributed by atoms with E-state index < -0.39 is 23.8 Å². The Labute approximate surface area is 186 Å². The summed E-state index contributed by atoms with van der Waals surface area (Å²) in [4.78, 5) is 51.0. The van der Waals surface area contributed by atoms with E-state index in [9.17, 15) is 19.2 Å². The number of esters is 2. The van der Waals surface area contributed by atoms with Crippen molar-refractivity contribution in [2.24, 2.45) is 0 Å². The van der Waals surface area contributed by atoms with Crippen LogP contribution in [0.2, 0.25) is 0 Å². The Morgan fingerprint density at radius 1 is 0.812 bits per heavy atom. The number of rotatable bonds is 7. The molecule has 0 aliphatic heterocycles. The molecule has 9 nitrogen and oxygen atoms in total. The van der Waals surface area contributed by atoms with Crippen molar-refractivity contribution in [3.63, 3.8) is 0 Å². The molecule has 0 aliphatic rings. The Morgan fingerprint density at radius 3 is 1.94 bits per heavy atom. The van der Waals surface area contributed by atoms with Gasteiger partial charge in [-0.1, -0.05) is 0 Å². The van der Waals surface area contributed by atoms with Gasteiger partial charge in [0.05, 0.1) is 31.0 Å². The molecule has 0 aliphatic carbocycles. The summed E-state index contributed by atoms with van der Waals surface area (Å²) in [7, 11) is 2.38. The van der Waals surface area contributed by atoms with E-state index in [0.717, 1.165) is 24.3 Å². The average Bonchev–Trinajstić information content (AvgIpc) is 2.80. The van der Waals surface area contributed by atoms with Crippen molar-refractivity contribution in [1.29, 1.82) is 0 Å². The van der Waals surface area contributed by atoms with Crippen molar-refractivity contribution in [3.8, 4) is 0 Å². The zero-order valence-corrected chi connectivity index (χ0v) is 18.8. The number of hydrogen-bond acceptors (Lipinski definition) is 7. The number of ether oxygens (including phenoxy) is 2. The van der Waals surface area contributed by atoms with Crippen LogP contribution in [-0.4, -0.2) is 51.1 Å². The number of anilines is 3. The molecule has 0 saturated heterocycles. The van der Waals surface area contributed by atoms with Gasteiger partial charge >= 0.3 is 23.8 Å². The Kier molecular flexibility index (Phi) is 8.34. The third-order valence-electron chi connectivity index (χ3n) is 4.89. The van der Waals surface area contributed by atoms with Crippen LogP contribution in [0.1, 0.15) is 40.1 Å². The Morgan fingerprint density at radius 2 is 1.41 bits per heavy atom. The summed E-state index contributed by atoms with van der Waals surface area (Å²) < 4.78 is 9.35. The quantitative estimate of drug-likeness (QED) is 0.501. The van der Waals surface area contributed by atoms with Gasteiger partial charge in [0.2, 0.25) is 0 Å². The molecular formula is C23H27N3O6. The molecule has 2 amide bonds. The van der Waals surface area contributed by atoms with Crippen molar-refractivity contribution < 1.29 is 28.7 Å². The second kappa shape index (κ2) is 10.9. The predicted octanol–water partition coefficient (Wildman–Crippen LogP) is 2.99. The molecule has 0 heterocycles. The highest BCUT2D eigenvalue weighted by Crippen LogP contribution is 2.23. The van der Waals surface area contributed by atoms with Crippen LogP contribution in [-0.2, 0) is 19.1 Å². The maximum absolute atomic E-state index is 12.5. The normalized spacial score (nSPS) is 10.2. The summed E-state index contributed by atoms with van der Waals surface area (Å²) >= 11 is 0. The summed E-state index contributed by atoms with van der Waals surface area (Å²) in [6.45, 7) is 7.62. The minimum atomic E-state index is -1.01. The maximum atomic E-state index is 12.5. The third kappa shape index (κ3) is 5.63. The van der Waals surface area contributed by atoms with Gasteiger partial charge in [0.1, 0.15) is 0 Å². The highest BCUT2D eigenvalue weighted by atomic mass is 16.5. The van der Waals surface area contributed by atoms with E-state index in [4.69, 9.17) is 4.74 Å². The number of carbonyl (C=O) groups is 4. The lowest BCUT2D eigenvalue weighted by molar-refractivity contribution is -0.133. The smallest absolute Gasteiger partial charge is 0.339 e. The molecule has 0 unspecified atom stereocenters. The molecule has 2 aromatic rings. The van der Waals surface area contributed by atoms with Crippen LogP contribution in [0.3, 0.4) is 0 Å². The van der Waals surface area contributed by atoms with Gasteiger partial charge < -0.3 is 25.0 Å². The molecule has 0 aromatic heterocycles. The zero-order chi connectivity index (χ0) is 23.8. The van der Waals surface area contributed by atoms with E-state index in [-0.39, 0.29) is 16.8 Å². The SMILES string of the molecule is CCN(CC)c1ccc(NC(=O)C(=O)Nc2cc(C(=O)OC)ccc2C(=O)OC)c(C)c1. The molecule has 0 fully saturated rings. The molecule has 0 saturated carbocycles. The molecule has 2 rings (SSSR count). The molecule has 2 N–H and O–H groups in total. The molecule has 0 radical (unpaired) electrons. The minimum absolute atomic E-state index is 0.0129. The van der Waals surface area contributed by atoms with Crippen LogP contribution >= 0.6 is 0 Å². The van der Waals surface area contributed by atoms with Crippen LogP contribution in [0.5, 0.6) is 0 Å². The lowest BCUT2D eigenvalue weighted by Gasteiger charge is -2.22. The van der Waals surface area contributed by atoms with Gasteiger partial charge in [-0.05, 0) is 62.7 Å². The maximum Gasteiger partial charge on any atom is 0.339 e. The van der Waals surface area contributed by atoms with Crippen molar-refractivity contribution >= 4 is 40.8 Å². The lowest BCUT2D eigenvalue weighted by atomic mass is 10.1. The monoisotopic (exact) mass is 441 g/mol. The molecule has 0 atom stereocenters. The van der Waals surface area contributed by atoms with Gasteiger partial charge in [-0.3, -0.25) is 9.59 Å². The number of nitrogens with one attached hydrogen (secondary N) is 2. The van der Waals surface area contributed by atoms with Gasteiger partial charge in [-0.2, -0.15) is 0 Å². The standard InChI is InChI=1S/C23H27N3O6/c1-6-26(7-2)16-9-11-18(14(3)12-16)24-20(27)21(28)25-19-13-15(22(29)31-4)8-10-17(19)23(30)32-5/h8-13H,6-7H2,1-5H3,(H,24,27)(H,25,28). The molecular weight excluding hydrogens is 414 g/mol. The fourth-order valence-corrected chi connectivity index (χ4v) is 3.11. The van der Waals surface area contributed by atoms with E-state index >= 15 is 0 Å². The Balaban J connectivity index is 2.23. The van der Waals surface area contributed by atoms with Crippen LogP contribution < -0.4 is 15.5 Å². The van der Waals surface area contributed by atoms with Gasteiger partial charge in [-0.15, -0.1) is 0 Å². The average molecular weight is 441 g/mol. The molecule has 0 bridgehead atoms. The Bertz CT molecular complexity index is 1030. The predicted molar refractivity (Wildman–Crippen MR) is 121 cm³/mol. The van der Waals surface area contributed by atoms with Crippen LogP contribution in [0.15, 0.2) is 36.4 Å². The van der Waals surface area contributed by atoms with E-state index in [1.165, 1.54) is 32.4 Å². The van der Waals surface area contributed by atoms with E-state index in [1.54, 1.807) is 6.07 Å². The molecule has 2 aromatic carbocycles. The van der Waals surface area contributed by atoms with Crippen LogP contribution in [0.4, 0.5) is 17.1 Å². The summed E-state index contributed by atoms with van der Waals surface area (Å²) in [5.74, 6) is -3.34. The topological polar surface area (TPSA) is 114 Å². The molecule has 170 valence electrons. The first-order valence-electron chi connectivity index (χ1n) is 10.0. The minimum Gasteiger partial charge on any atom is -0.465 e. The van der Waals surface area contributed by atoms with E-state index in [0.29, 0.717) is 5.69 Å². The van der Waals surface area contributed by atoms with Gasteiger partial charge in [-0.25, -0.2) is 9.59 Å². The molecule has 0 spiro atoms. The third-order valence-corrected chi connectivity index (χ3v) is 4.89. The van der Waals surface area contributed by atoms with E-state index in [2.05, 4.69) is 34.1 Å². The summed E-state index contributed by atoms with van der Waals surface area (Å²) in [6, 6.07) is 9.42. The highest BCUT2D eigenvalue weighted by Gasteiger charge is 2.21. The number of aryl methyl sites for hydroxylation is 1. The Hall–Kier alpha value is -3.88. The lowest BCUT2D eigenvalue weighted by Crippen LogP contribution is -2.30. The number of hydrogen-bond donors (Lipinski definition) is 2.